The van der Waals surface area contributed by atoms with E-state index in [1.54, 1.807) is 7.11 Å². The average molecular weight is 315 g/mol. The van der Waals surface area contributed by atoms with Gasteiger partial charge in [0.05, 0.1) is 13.2 Å². The highest BCUT2D eigenvalue weighted by Gasteiger charge is 2.26. The zero-order chi connectivity index (χ0) is 15.2. The molecule has 120 valence electrons. The summed E-state index contributed by atoms with van der Waals surface area (Å²) in [6.07, 6.45) is 1.79. The SMILES string of the molecule is COc1cccc(CCCNC(=O)[C@@H](N)C(C)(C)C)c1.Cl. The predicted octanol–water partition coefficient (Wildman–Crippen LogP) is 2.54. The van der Waals surface area contributed by atoms with Gasteiger partial charge in [0, 0.05) is 6.54 Å². The van der Waals surface area contributed by atoms with E-state index in [1.165, 1.54) is 5.56 Å². The standard InChI is InChI=1S/C16H26N2O2.ClH/c1-16(2,3)14(17)15(19)18-10-6-8-12-7-5-9-13(11-12)20-4;/h5,7,9,11,14H,6,8,10,17H2,1-4H3,(H,18,19);1H/t14-;/m1./s1. The summed E-state index contributed by atoms with van der Waals surface area (Å²) in [6.45, 7) is 6.54. The van der Waals surface area contributed by atoms with Crippen LogP contribution in [0.15, 0.2) is 24.3 Å². The van der Waals surface area contributed by atoms with Gasteiger partial charge in [-0.3, -0.25) is 4.79 Å². The van der Waals surface area contributed by atoms with Crippen molar-refractivity contribution in [2.75, 3.05) is 13.7 Å². The molecule has 1 atom stereocenters. The Kier molecular flexibility index (Phi) is 8.37. The van der Waals surface area contributed by atoms with E-state index < -0.39 is 6.04 Å². The van der Waals surface area contributed by atoms with E-state index in [0.29, 0.717) is 6.54 Å². The Morgan fingerprint density at radius 1 is 1.38 bits per heavy atom. The first-order valence-electron chi connectivity index (χ1n) is 7.01. The van der Waals surface area contributed by atoms with Crippen LogP contribution in [-0.4, -0.2) is 25.6 Å². The van der Waals surface area contributed by atoms with Gasteiger partial charge in [0.2, 0.25) is 5.91 Å². The fourth-order valence-electron chi connectivity index (χ4n) is 1.84. The van der Waals surface area contributed by atoms with E-state index in [4.69, 9.17) is 10.5 Å². The summed E-state index contributed by atoms with van der Waals surface area (Å²) in [7, 11) is 1.66. The van der Waals surface area contributed by atoms with Gasteiger partial charge in [0.1, 0.15) is 5.75 Å². The Hall–Kier alpha value is -1.26. The van der Waals surface area contributed by atoms with Gasteiger partial charge in [-0.15, -0.1) is 12.4 Å². The number of benzene rings is 1. The number of aryl methyl sites for hydroxylation is 1. The maximum atomic E-state index is 11.8. The average Bonchev–Trinajstić information content (AvgIpc) is 2.41. The monoisotopic (exact) mass is 314 g/mol. The van der Waals surface area contributed by atoms with Crippen molar-refractivity contribution in [2.24, 2.45) is 11.1 Å². The van der Waals surface area contributed by atoms with Crippen molar-refractivity contribution < 1.29 is 9.53 Å². The normalized spacial score (nSPS) is 12.2. The number of hydrogen-bond donors (Lipinski definition) is 2. The molecule has 0 saturated carbocycles. The number of nitrogens with two attached hydrogens (primary N) is 1. The summed E-state index contributed by atoms with van der Waals surface area (Å²) in [5, 5.41) is 2.89. The summed E-state index contributed by atoms with van der Waals surface area (Å²) in [5.41, 5.74) is 6.89. The number of nitrogens with one attached hydrogen (secondary N) is 1. The van der Waals surface area contributed by atoms with Crippen LogP contribution < -0.4 is 15.8 Å². The van der Waals surface area contributed by atoms with E-state index in [2.05, 4.69) is 11.4 Å². The van der Waals surface area contributed by atoms with Gasteiger partial charge in [-0.05, 0) is 36.0 Å². The number of carbonyl (C=O) groups is 1. The lowest BCUT2D eigenvalue weighted by Gasteiger charge is -2.25. The molecule has 0 heterocycles. The van der Waals surface area contributed by atoms with E-state index >= 15 is 0 Å². The Balaban J connectivity index is 0.00000400. The minimum atomic E-state index is -0.473. The molecule has 0 aliphatic rings. The molecule has 4 nitrogen and oxygen atoms in total. The van der Waals surface area contributed by atoms with Crippen LogP contribution in [-0.2, 0) is 11.2 Å². The molecule has 0 aliphatic heterocycles. The molecule has 1 aromatic carbocycles. The molecule has 1 aromatic rings. The third-order valence-corrected chi connectivity index (χ3v) is 3.29. The first kappa shape index (κ1) is 19.7. The van der Waals surface area contributed by atoms with Crippen molar-refractivity contribution in [3.05, 3.63) is 29.8 Å². The molecule has 5 heteroatoms. The van der Waals surface area contributed by atoms with Crippen molar-refractivity contribution in [1.29, 1.82) is 0 Å². The number of amides is 1. The summed E-state index contributed by atoms with van der Waals surface area (Å²) >= 11 is 0. The summed E-state index contributed by atoms with van der Waals surface area (Å²) < 4.78 is 5.18. The Labute approximate surface area is 133 Å². The molecular weight excluding hydrogens is 288 g/mol. The van der Waals surface area contributed by atoms with Crippen LogP contribution in [0.4, 0.5) is 0 Å². The number of halogens is 1. The molecule has 1 rings (SSSR count). The molecule has 1 amide bonds. The van der Waals surface area contributed by atoms with Crippen LogP contribution in [0.25, 0.3) is 0 Å². The van der Waals surface area contributed by atoms with Gasteiger partial charge < -0.3 is 15.8 Å². The van der Waals surface area contributed by atoms with Crippen molar-refractivity contribution in [1.82, 2.24) is 5.32 Å². The zero-order valence-corrected chi connectivity index (χ0v) is 14.1. The molecule has 0 spiro atoms. The topological polar surface area (TPSA) is 64.3 Å². The van der Waals surface area contributed by atoms with Crippen molar-refractivity contribution >= 4 is 18.3 Å². The van der Waals surface area contributed by atoms with Crippen LogP contribution in [0.5, 0.6) is 5.75 Å². The fraction of sp³-hybridized carbons (Fsp3) is 0.562. The lowest BCUT2D eigenvalue weighted by molar-refractivity contribution is -0.124. The summed E-state index contributed by atoms with van der Waals surface area (Å²) in [4.78, 5) is 11.8. The molecule has 0 fully saturated rings. The van der Waals surface area contributed by atoms with Crippen molar-refractivity contribution in [2.45, 2.75) is 39.7 Å². The minimum absolute atomic E-state index is 0. The van der Waals surface area contributed by atoms with E-state index in [0.717, 1.165) is 18.6 Å². The molecule has 0 unspecified atom stereocenters. The lowest BCUT2D eigenvalue weighted by Crippen LogP contribution is -2.48. The van der Waals surface area contributed by atoms with Crippen molar-refractivity contribution in [3.8, 4) is 5.75 Å². The van der Waals surface area contributed by atoms with Crippen LogP contribution in [0.1, 0.15) is 32.8 Å². The second-order valence-electron chi connectivity index (χ2n) is 6.09. The van der Waals surface area contributed by atoms with Gasteiger partial charge >= 0.3 is 0 Å². The van der Waals surface area contributed by atoms with Crippen LogP contribution in [0.3, 0.4) is 0 Å². The smallest absolute Gasteiger partial charge is 0.237 e. The third kappa shape index (κ3) is 6.82. The summed E-state index contributed by atoms with van der Waals surface area (Å²) in [5.74, 6) is 0.782. The largest absolute Gasteiger partial charge is 0.497 e. The van der Waals surface area contributed by atoms with Crippen LogP contribution in [0, 0.1) is 5.41 Å². The molecule has 0 aliphatic carbocycles. The maximum Gasteiger partial charge on any atom is 0.237 e. The first-order chi connectivity index (χ1) is 9.34. The molecule has 0 aromatic heterocycles. The van der Waals surface area contributed by atoms with E-state index in [-0.39, 0.29) is 23.7 Å². The highest BCUT2D eigenvalue weighted by Crippen LogP contribution is 2.17. The van der Waals surface area contributed by atoms with E-state index in [1.807, 2.05) is 39.0 Å². The number of ether oxygens (including phenoxy) is 1. The first-order valence-corrected chi connectivity index (χ1v) is 7.01. The molecule has 0 saturated heterocycles. The predicted molar refractivity (Wildman–Crippen MR) is 89.0 cm³/mol. The second-order valence-corrected chi connectivity index (χ2v) is 6.09. The van der Waals surface area contributed by atoms with Gasteiger partial charge in [-0.1, -0.05) is 32.9 Å². The van der Waals surface area contributed by atoms with E-state index in [9.17, 15) is 4.79 Å². The van der Waals surface area contributed by atoms with Gasteiger partial charge in [-0.25, -0.2) is 0 Å². The second kappa shape index (κ2) is 8.90. The lowest BCUT2D eigenvalue weighted by atomic mass is 9.87. The fourth-order valence-corrected chi connectivity index (χ4v) is 1.84. The quantitative estimate of drug-likeness (QED) is 0.793. The molecule has 0 radical (unpaired) electrons. The maximum absolute atomic E-state index is 11.8. The van der Waals surface area contributed by atoms with Gasteiger partial charge in [0.15, 0.2) is 0 Å². The third-order valence-electron chi connectivity index (χ3n) is 3.29. The Morgan fingerprint density at radius 3 is 2.62 bits per heavy atom. The number of hydrogen-bond acceptors (Lipinski definition) is 3. The molecular formula is C16H27ClN2O2. The Morgan fingerprint density at radius 2 is 2.05 bits per heavy atom. The molecule has 0 bridgehead atoms. The number of methoxy groups -OCH3 is 1. The molecule has 3 N–H and O–H groups in total. The van der Waals surface area contributed by atoms with Crippen molar-refractivity contribution in [3.63, 3.8) is 0 Å². The highest BCUT2D eigenvalue weighted by atomic mass is 35.5. The van der Waals surface area contributed by atoms with Gasteiger partial charge in [-0.2, -0.15) is 0 Å². The van der Waals surface area contributed by atoms with Crippen LogP contribution >= 0.6 is 12.4 Å². The Bertz CT molecular complexity index is 444. The number of rotatable bonds is 6. The summed E-state index contributed by atoms with van der Waals surface area (Å²) in [6, 6.07) is 7.50. The molecule has 21 heavy (non-hydrogen) atoms. The van der Waals surface area contributed by atoms with Crippen LogP contribution in [0.2, 0.25) is 0 Å². The highest BCUT2D eigenvalue weighted by molar-refractivity contribution is 5.85. The number of carbonyl (C=O) groups excluding carboxylic acids is 1. The zero-order valence-electron chi connectivity index (χ0n) is 13.3. The van der Waals surface area contributed by atoms with Gasteiger partial charge in [0.25, 0.3) is 0 Å². The minimum Gasteiger partial charge on any atom is -0.497 e.